The van der Waals surface area contributed by atoms with E-state index in [-0.39, 0.29) is 23.6 Å². The van der Waals surface area contributed by atoms with Gasteiger partial charge < -0.3 is 10.1 Å². The van der Waals surface area contributed by atoms with Crippen molar-refractivity contribution in [3.05, 3.63) is 28.2 Å². The second kappa shape index (κ2) is 7.43. The molecule has 0 amide bonds. The van der Waals surface area contributed by atoms with E-state index in [1.54, 1.807) is 14.0 Å². The first kappa shape index (κ1) is 17.5. The van der Waals surface area contributed by atoms with E-state index in [1.165, 1.54) is 0 Å². The van der Waals surface area contributed by atoms with E-state index in [1.807, 2.05) is 32.0 Å². The Balaban J connectivity index is 2.71. The van der Waals surface area contributed by atoms with Gasteiger partial charge in [-0.25, -0.2) is 8.42 Å². The van der Waals surface area contributed by atoms with Crippen LogP contribution in [0.2, 0.25) is 0 Å². The van der Waals surface area contributed by atoms with E-state index in [9.17, 15) is 8.42 Å². The molecule has 0 aliphatic carbocycles. The topological polar surface area (TPSA) is 55.4 Å². The Morgan fingerprint density at radius 1 is 1.35 bits per heavy atom. The van der Waals surface area contributed by atoms with Gasteiger partial charge in [-0.3, -0.25) is 0 Å². The number of benzene rings is 1. The molecule has 0 aliphatic heterocycles. The molecule has 114 valence electrons. The molecular formula is C14H22BrNO3S. The average molecular weight is 364 g/mol. The normalized spacial score (nSPS) is 14.8. The predicted molar refractivity (Wildman–Crippen MR) is 86.0 cm³/mol. The molecule has 2 unspecified atom stereocenters. The first-order valence-electron chi connectivity index (χ1n) is 6.59. The minimum atomic E-state index is -2.96. The lowest BCUT2D eigenvalue weighted by molar-refractivity contribution is 0.411. The van der Waals surface area contributed by atoms with E-state index in [0.717, 1.165) is 15.8 Å². The molecule has 1 aromatic rings. The zero-order chi connectivity index (χ0) is 15.3. The van der Waals surface area contributed by atoms with Gasteiger partial charge in [0, 0.05) is 17.8 Å². The largest absolute Gasteiger partial charge is 0.496 e. The average Bonchev–Trinajstić information content (AvgIpc) is 2.37. The number of rotatable bonds is 7. The molecule has 0 spiro atoms. The van der Waals surface area contributed by atoms with Crippen molar-refractivity contribution >= 4 is 25.8 Å². The molecule has 0 saturated carbocycles. The highest BCUT2D eigenvalue weighted by atomic mass is 79.9. The number of halogens is 1. The van der Waals surface area contributed by atoms with Gasteiger partial charge in [-0.2, -0.15) is 0 Å². The van der Waals surface area contributed by atoms with E-state index >= 15 is 0 Å². The number of hydrogen-bond acceptors (Lipinski definition) is 4. The summed E-state index contributed by atoms with van der Waals surface area (Å²) in [6.07, 6.45) is 0. The molecule has 0 aliphatic rings. The zero-order valence-electron chi connectivity index (χ0n) is 12.3. The van der Waals surface area contributed by atoms with Crippen molar-refractivity contribution in [3.8, 4) is 5.75 Å². The molecule has 1 N–H and O–H groups in total. The SMILES string of the molecule is CCS(=O)(=O)CC(C)NC(C)c1ccc(OC)c(Br)c1. The molecule has 20 heavy (non-hydrogen) atoms. The molecule has 0 aromatic heterocycles. The maximum Gasteiger partial charge on any atom is 0.151 e. The molecule has 0 bridgehead atoms. The smallest absolute Gasteiger partial charge is 0.151 e. The van der Waals surface area contributed by atoms with Crippen molar-refractivity contribution in [2.24, 2.45) is 0 Å². The van der Waals surface area contributed by atoms with Crippen LogP contribution in [0.3, 0.4) is 0 Å². The van der Waals surface area contributed by atoms with Crippen molar-refractivity contribution in [2.75, 3.05) is 18.6 Å². The van der Waals surface area contributed by atoms with E-state index in [0.29, 0.717) is 0 Å². The summed E-state index contributed by atoms with van der Waals surface area (Å²) in [5.74, 6) is 1.12. The molecule has 4 nitrogen and oxygen atoms in total. The summed E-state index contributed by atoms with van der Waals surface area (Å²) in [6.45, 7) is 5.58. The number of ether oxygens (including phenoxy) is 1. The van der Waals surface area contributed by atoms with Crippen LogP contribution in [0.15, 0.2) is 22.7 Å². The van der Waals surface area contributed by atoms with Crippen LogP contribution in [0.25, 0.3) is 0 Å². The van der Waals surface area contributed by atoms with E-state index < -0.39 is 9.84 Å². The number of methoxy groups -OCH3 is 1. The Morgan fingerprint density at radius 2 is 2.00 bits per heavy atom. The van der Waals surface area contributed by atoms with Gasteiger partial charge in [-0.1, -0.05) is 13.0 Å². The predicted octanol–water partition coefficient (Wildman–Crippen LogP) is 2.93. The maximum absolute atomic E-state index is 11.6. The minimum Gasteiger partial charge on any atom is -0.496 e. The fourth-order valence-corrected chi connectivity index (χ4v) is 3.67. The van der Waals surface area contributed by atoms with Crippen LogP contribution in [-0.4, -0.2) is 33.1 Å². The molecule has 0 saturated heterocycles. The van der Waals surface area contributed by atoms with Crippen LogP contribution in [-0.2, 0) is 9.84 Å². The highest BCUT2D eigenvalue weighted by molar-refractivity contribution is 9.10. The third-order valence-electron chi connectivity index (χ3n) is 3.15. The third kappa shape index (κ3) is 5.07. The Hall–Kier alpha value is -0.590. The van der Waals surface area contributed by atoms with Gasteiger partial charge in [0.25, 0.3) is 0 Å². The summed E-state index contributed by atoms with van der Waals surface area (Å²) >= 11 is 3.45. The lowest BCUT2D eigenvalue weighted by Crippen LogP contribution is -2.35. The summed E-state index contributed by atoms with van der Waals surface area (Å²) in [5, 5.41) is 3.31. The molecule has 0 fully saturated rings. The minimum absolute atomic E-state index is 0.0688. The second-order valence-corrected chi connectivity index (χ2v) is 8.13. The highest BCUT2D eigenvalue weighted by Gasteiger charge is 2.16. The molecule has 2 atom stereocenters. The van der Waals surface area contributed by atoms with Crippen LogP contribution in [0.5, 0.6) is 5.75 Å². The van der Waals surface area contributed by atoms with Gasteiger partial charge in [0.15, 0.2) is 9.84 Å². The maximum atomic E-state index is 11.6. The summed E-state index contributed by atoms with van der Waals surface area (Å²) in [5.41, 5.74) is 1.08. The number of hydrogen-bond donors (Lipinski definition) is 1. The molecule has 0 radical (unpaired) electrons. The number of sulfone groups is 1. The monoisotopic (exact) mass is 363 g/mol. The highest BCUT2D eigenvalue weighted by Crippen LogP contribution is 2.28. The van der Waals surface area contributed by atoms with Gasteiger partial charge >= 0.3 is 0 Å². The Labute approximate surface area is 130 Å². The molecule has 1 rings (SSSR count). The van der Waals surface area contributed by atoms with E-state index in [2.05, 4.69) is 21.2 Å². The Bertz CT molecular complexity index is 545. The molecule has 6 heteroatoms. The fraction of sp³-hybridized carbons (Fsp3) is 0.571. The Kier molecular flexibility index (Phi) is 6.48. The first-order valence-corrected chi connectivity index (χ1v) is 9.20. The van der Waals surface area contributed by atoms with Crippen LogP contribution < -0.4 is 10.1 Å². The Morgan fingerprint density at radius 3 is 2.50 bits per heavy atom. The lowest BCUT2D eigenvalue weighted by Gasteiger charge is -2.20. The van der Waals surface area contributed by atoms with Crippen molar-refractivity contribution in [2.45, 2.75) is 32.9 Å². The van der Waals surface area contributed by atoms with Gasteiger partial charge in [-0.05, 0) is 47.5 Å². The van der Waals surface area contributed by atoms with Crippen molar-refractivity contribution in [1.82, 2.24) is 5.32 Å². The quantitative estimate of drug-likeness (QED) is 0.808. The van der Waals surface area contributed by atoms with Crippen LogP contribution in [0.1, 0.15) is 32.4 Å². The van der Waals surface area contributed by atoms with Crippen LogP contribution >= 0.6 is 15.9 Å². The second-order valence-electron chi connectivity index (χ2n) is 4.88. The molecular weight excluding hydrogens is 342 g/mol. The summed E-state index contributed by atoms with van der Waals surface area (Å²) < 4.78 is 29.3. The standard InChI is InChI=1S/C14H22BrNO3S/c1-5-20(17,18)9-10(2)16-11(3)12-6-7-14(19-4)13(15)8-12/h6-8,10-11,16H,5,9H2,1-4H3. The number of nitrogens with one attached hydrogen (secondary N) is 1. The van der Waals surface area contributed by atoms with Gasteiger partial charge in [-0.15, -0.1) is 0 Å². The summed E-state index contributed by atoms with van der Waals surface area (Å²) in [6, 6.07) is 5.83. The molecule has 0 heterocycles. The summed E-state index contributed by atoms with van der Waals surface area (Å²) in [4.78, 5) is 0. The van der Waals surface area contributed by atoms with Crippen molar-refractivity contribution in [3.63, 3.8) is 0 Å². The van der Waals surface area contributed by atoms with Crippen molar-refractivity contribution in [1.29, 1.82) is 0 Å². The first-order chi connectivity index (χ1) is 9.29. The lowest BCUT2D eigenvalue weighted by atomic mass is 10.1. The van der Waals surface area contributed by atoms with Gasteiger partial charge in [0.2, 0.25) is 0 Å². The summed E-state index contributed by atoms with van der Waals surface area (Å²) in [7, 11) is -1.33. The van der Waals surface area contributed by atoms with Crippen molar-refractivity contribution < 1.29 is 13.2 Å². The van der Waals surface area contributed by atoms with Gasteiger partial charge in [0.05, 0.1) is 17.3 Å². The van der Waals surface area contributed by atoms with Gasteiger partial charge in [0.1, 0.15) is 5.75 Å². The molecule has 1 aromatic carbocycles. The van der Waals surface area contributed by atoms with Crippen LogP contribution in [0.4, 0.5) is 0 Å². The fourth-order valence-electron chi connectivity index (χ4n) is 2.02. The van der Waals surface area contributed by atoms with Crippen LogP contribution in [0, 0.1) is 0 Å². The zero-order valence-corrected chi connectivity index (χ0v) is 14.7. The third-order valence-corrected chi connectivity index (χ3v) is 5.66. The van der Waals surface area contributed by atoms with E-state index in [4.69, 9.17) is 4.74 Å².